The van der Waals surface area contributed by atoms with Crippen LogP contribution in [0.3, 0.4) is 0 Å². The minimum atomic E-state index is -0.327. The van der Waals surface area contributed by atoms with Crippen LogP contribution in [0.15, 0.2) is 24.3 Å². The maximum Gasteiger partial charge on any atom is 0.122 e. The molecule has 1 aliphatic heterocycles. The summed E-state index contributed by atoms with van der Waals surface area (Å²) in [5.74, 6) is 0.863. The fourth-order valence-electron chi connectivity index (χ4n) is 2.45. The predicted octanol–water partition coefficient (Wildman–Crippen LogP) is 1.74. The number of nitrogens with one attached hydrogen (secondary N) is 1. The van der Waals surface area contributed by atoms with Gasteiger partial charge in [0.2, 0.25) is 0 Å². The van der Waals surface area contributed by atoms with E-state index in [0.29, 0.717) is 6.42 Å². The molecule has 1 aliphatic rings. The Morgan fingerprint density at radius 3 is 2.94 bits per heavy atom. The van der Waals surface area contributed by atoms with Crippen LogP contribution >= 0.6 is 0 Å². The van der Waals surface area contributed by atoms with E-state index in [1.54, 1.807) is 7.11 Å². The lowest BCUT2D eigenvalue weighted by atomic mass is 9.95. The van der Waals surface area contributed by atoms with Crippen LogP contribution in [0.25, 0.3) is 0 Å². The van der Waals surface area contributed by atoms with Gasteiger partial charge in [-0.25, -0.2) is 0 Å². The molecule has 3 nitrogen and oxygen atoms in total. The molecule has 1 saturated heterocycles. The highest BCUT2D eigenvalue weighted by Crippen LogP contribution is 2.21. The third-order valence-corrected chi connectivity index (χ3v) is 3.43. The SMILES string of the molecule is COc1ccccc1CC(O)C1CCCCN1. The van der Waals surface area contributed by atoms with Crippen molar-refractivity contribution in [2.45, 2.75) is 37.8 Å². The Labute approximate surface area is 103 Å². The molecule has 3 heteroatoms. The second-order valence-corrected chi connectivity index (χ2v) is 4.64. The molecule has 1 fully saturated rings. The van der Waals surface area contributed by atoms with Gasteiger partial charge >= 0.3 is 0 Å². The summed E-state index contributed by atoms with van der Waals surface area (Å²) in [5.41, 5.74) is 1.08. The van der Waals surface area contributed by atoms with E-state index in [1.165, 1.54) is 12.8 Å². The number of piperidine rings is 1. The summed E-state index contributed by atoms with van der Waals surface area (Å²) >= 11 is 0. The molecule has 1 aromatic carbocycles. The highest BCUT2D eigenvalue weighted by atomic mass is 16.5. The zero-order chi connectivity index (χ0) is 12.1. The molecule has 1 aromatic rings. The summed E-state index contributed by atoms with van der Waals surface area (Å²) in [5, 5.41) is 13.6. The van der Waals surface area contributed by atoms with Crippen molar-refractivity contribution in [3.8, 4) is 5.75 Å². The van der Waals surface area contributed by atoms with Gasteiger partial charge in [-0.3, -0.25) is 0 Å². The lowest BCUT2D eigenvalue weighted by Crippen LogP contribution is -2.44. The van der Waals surface area contributed by atoms with Crippen LogP contribution in [0.5, 0.6) is 5.75 Å². The molecule has 0 saturated carbocycles. The Bertz CT molecular complexity index is 348. The first-order valence-corrected chi connectivity index (χ1v) is 6.34. The highest BCUT2D eigenvalue weighted by molar-refractivity contribution is 5.33. The van der Waals surface area contributed by atoms with Crippen LogP contribution in [-0.2, 0) is 6.42 Å². The lowest BCUT2D eigenvalue weighted by Gasteiger charge is -2.28. The molecule has 2 unspecified atom stereocenters. The van der Waals surface area contributed by atoms with E-state index in [0.717, 1.165) is 24.3 Å². The average molecular weight is 235 g/mol. The molecule has 2 rings (SSSR count). The Morgan fingerprint density at radius 1 is 1.41 bits per heavy atom. The van der Waals surface area contributed by atoms with Gasteiger partial charge in [0.05, 0.1) is 13.2 Å². The fourth-order valence-corrected chi connectivity index (χ4v) is 2.45. The third-order valence-electron chi connectivity index (χ3n) is 3.43. The number of aliphatic hydroxyl groups excluding tert-OH is 1. The molecule has 0 radical (unpaired) electrons. The number of aliphatic hydroxyl groups is 1. The molecule has 2 atom stereocenters. The topological polar surface area (TPSA) is 41.5 Å². The maximum absolute atomic E-state index is 10.2. The zero-order valence-electron chi connectivity index (χ0n) is 10.4. The largest absolute Gasteiger partial charge is 0.496 e. The monoisotopic (exact) mass is 235 g/mol. The number of hydrogen-bond donors (Lipinski definition) is 2. The van der Waals surface area contributed by atoms with Crippen LogP contribution in [0.4, 0.5) is 0 Å². The summed E-state index contributed by atoms with van der Waals surface area (Å²) in [6.45, 7) is 1.02. The fraction of sp³-hybridized carbons (Fsp3) is 0.571. The Kier molecular flexibility index (Phi) is 4.40. The number of methoxy groups -OCH3 is 1. The first-order valence-electron chi connectivity index (χ1n) is 6.34. The second kappa shape index (κ2) is 6.03. The van der Waals surface area contributed by atoms with E-state index in [4.69, 9.17) is 4.74 Å². The smallest absolute Gasteiger partial charge is 0.122 e. The molecular formula is C14H21NO2. The van der Waals surface area contributed by atoms with E-state index < -0.39 is 0 Å². The number of rotatable bonds is 4. The van der Waals surface area contributed by atoms with Gasteiger partial charge < -0.3 is 15.2 Å². The first-order chi connectivity index (χ1) is 8.31. The number of para-hydroxylation sites is 1. The summed E-state index contributed by atoms with van der Waals surface area (Å²) < 4.78 is 5.30. The van der Waals surface area contributed by atoms with E-state index >= 15 is 0 Å². The van der Waals surface area contributed by atoms with E-state index in [1.807, 2.05) is 24.3 Å². The lowest BCUT2D eigenvalue weighted by molar-refractivity contribution is 0.112. The number of benzene rings is 1. The Hall–Kier alpha value is -1.06. The van der Waals surface area contributed by atoms with Gasteiger partial charge in [-0.2, -0.15) is 0 Å². The van der Waals surface area contributed by atoms with E-state index in [-0.39, 0.29) is 12.1 Å². The van der Waals surface area contributed by atoms with Crippen LogP contribution in [0, 0.1) is 0 Å². The molecule has 17 heavy (non-hydrogen) atoms. The van der Waals surface area contributed by atoms with Gasteiger partial charge in [-0.15, -0.1) is 0 Å². The van der Waals surface area contributed by atoms with Gasteiger partial charge in [-0.1, -0.05) is 24.6 Å². The number of hydrogen-bond acceptors (Lipinski definition) is 3. The Balaban J connectivity index is 1.99. The van der Waals surface area contributed by atoms with Gasteiger partial charge in [0, 0.05) is 12.5 Å². The molecule has 0 aliphatic carbocycles. The van der Waals surface area contributed by atoms with Crippen molar-refractivity contribution in [3.05, 3.63) is 29.8 Å². The molecule has 1 heterocycles. The van der Waals surface area contributed by atoms with Gasteiger partial charge in [0.15, 0.2) is 0 Å². The first kappa shape index (κ1) is 12.4. The minimum Gasteiger partial charge on any atom is -0.496 e. The standard InChI is InChI=1S/C14H21NO2/c1-17-14-8-3-2-6-11(14)10-13(16)12-7-4-5-9-15-12/h2-3,6,8,12-13,15-16H,4-5,7,9-10H2,1H3. The molecule has 94 valence electrons. The Morgan fingerprint density at radius 2 is 2.24 bits per heavy atom. The minimum absolute atomic E-state index is 0.230. The van der Waals surface area contributed by atoms with Crippen molar-refractivity contribution < 1.29 is 9.84 Å². The van der Waals surface area contributed by atoms with Gasteiger partial charge in [0.25, 0.3) is 0 Å². The molecule has 0 spiro atoms. The molecule has 0 amide bonds. The van der Waals surface area contributed by atoms with Crippen LogP contribution < -0.4 is 10.1 Å². The molecule has 0 aromatic heterocycles. The van der Waals surface area contributed by atoms with Crippen LogP contribution in [0.1, 0.15) is 24.8 Å². The second-order valence-electron chi connectivity index (χ2n) is 4.64. The molecule has 0 bridgehead atoms. The summed E-state index contributed by atoms with van der Waals surface area (Å²) in [7, 11) is 1.67. The van der Waals surface area contributed by atoms with Crippen molar-refractivity contribution in [2.75, 3.05) is 13.7 Å². The molecular weight excluding hydrogens is 214 g/mol. The van der Waals surface area contributed by atoms with Gasteiger partial charge in [0.1, 0.15) is 5.75 Å². The third kappa shape index (κ3) is 3.20. The van der Waals surface area contributed by atoms with Gasteiger partial charge in [-0.05, 0) is 31.0 Å². The van der Waals surface area contributed by atoms with Crippen molar-refractivity contribution in [1.82, 2.24) is 5.32 Å². The number of ether oxygens (including phenoxy) is 1. The van der Waals surface area contributed by atoms with Crippen LogP contribution in [-0.4, -0.2) is 30.9 Å². The summed E-state index contributed by atoms with van der Waals surface area (Å²) in [4.78, 5) is 0. The quantitative estimate of drug-likeness (QED) is 0.835. The van der Waals surface area contributed by atoms with Crippen molar-refractivity contribution in [1.29, 1.82) is 0 Å². The predicted molar refractivity (Wildman–Crippen MR) is 68.3 cm³/mol. The van der Waals surface area contributed by atoms with Crippen molar-refractivity contribution >= 4 is 0 Å². The normalized spacial score (nSPS) is 22.1. The summed E-state index contributed by atoms with van der Waals surface area (Å²) in [6, 6.07) is 8.13. The van der Waals surface area contributed by atoms with E-state index in [9.17, 15) is 5.11 Å². The van der Waals surface area contributed by atoms with E-state index in [2.05, 4.69) is 5.32 Å². The molecule has 2 N–H and O–H groups in total. The zero-order valence-corrected chi connectivity index (χ0v) is 10.4. The van der Waals surface area contributed by atoms with Crippen molar-refractivity contribution in [3.63, 3.8) is 0 Å². The maximum atomic E-state index is 10.2. The summed E-state index contributed by atoms with van der Waals surface area (Å²) in [6.07, 6.45) is 3.82. The highest BCUT2D eigenvalue weighted by Gasteiger charge is 2.22. The van der Waals surface area contributed by atoms with Crippen LogP contribution in [0.2, 0.25) is 0 Å². The van der Waals surface area contributed by atoms with Crippen molar-refractivity contribution in [2.24, 2.45) is 0 Å². The average Bonchev–Trinajstić information content (AvgIpc) is 2.40.